The van der Waals surface area contributed by atoms with Crippen molar-refractivity contribution >= 4 is 44.7 Å². The van der Waals surface area contributed by atoms with Crippen molar-refractivity contribution in [1.82, 2.24) is 24.5 Å². The van der Waals surface area contributed by atoms with E-state index in [2.05, 4.69) is 21.2 Å². The van der Waals surface area contributed by atoms with Crippen LogP contribution in [0.3, 0.4) is 0 Å². The second-order valence-corrected chi connectivity index (χ2v) is 7.59. The van der Waals surface area contributed by atoms with E-state index in [1.807, 2.05) is 55.0 Å². The smallest absolute Gasteiger partial charge is 0.275 e. The van der Waals surface area contributed by atoms with Crippen LogP contribution < -0.4 is 5.56 Å². The standard InChI is InChI=1S/C21H17N5OS.ClH/c1-25-10-9-18(24-25)16-13-28-19-12-22-26(21(27)20(16)19)11-8-15-7-6-14-4-2-3-5-17(14)23-15;/h2-7,9-10,12-13H,8,11H2,1H3;1H. The highest BCUT2D eigenvalue weighted by molar-refractivity contribution is 7.17. The largest absolute Gasteiger partial charge is 0.276 e. The number of thiophene rings is 1. The number of rotatable bonds is 4. The van der Waals surface area contributed by atoms with Crippen LogP contribution in [0, 0.1) is 0 Å². The number of benzene rings is 1. The van der Waals surface area contributed by atoms with Gasteiger partial charge in [-0.3, -0.25) is 14.5 Å². The summed E-state index contributed by atoms with van der Waals surface area (Å²) in [6, 6.07) is 14.0. The van der Waals surface area contributed by atoms with E-state index >= 15 is 0 Å². The quantitative estimate of drug-likeness (QED) is 0.437. The summed E-state index contributed by atoms with van der Waals surface area (Å²) in [5.74, 6) is 0. The van der Waals surface area contributed by atoms with Crippen LogP contribution in [-0.2, 0) is 20.0 Å². The SMILES string of the molecule is Cl.Cn1ccc(-c2csc3cnn(CCc4ccc5ccccc5n4)c(=O)c23)n1. The first-order valence-corrected chi connectivity index (χ1v) is 9.89. The molecule has 146 valence electrons. The molecule has 4 aromatic heterocycles. The predicted octanol–water partition coefficient (Wildman–Crippen LogP) is 4.07. The van der Waals surface area contributed by atoms with E-state index in [0.717, 1.165) is 32.6 Å². The van der Waals surface area contributed by atoms with E-state index in [9.17, 15) is 4.79 Å². The van der Waals surface area contributed by atoms with Crippen LogP contribution in [0.15, 0.2) is 65.0 Å². The van der Waals surface area contributed by atoms with Gasteiger partial charge >= 0.3 is 0 Å². The molecule has 0 radical (unpaired) electrons. The first-order valence-electron chi connectivity index (χ1n) is 9.01. The Bertz CT molecular complexity index is 1370. The number of para-hydroxylation sites is 1. The third kappa shape index (κ3) is 3.54. The maximum Gasteiger partial charge on any atom is 0.276 e. The highest BCUT2D eigenvalue weighted by Crippen LogP contribution is 2.30. The maximum atomic E-state index is 13.1. The summed E-state index contributed by atoms with van der Waals surface area (Å²) in [7, 11) is 1.87. The maximum absolute atomic E-state index is 13.1. The van der Waals surface area contributed by atoms with Gasteiger partial charge in [0.25, 0.3) is 5.56 Å². The molecule has 0 bridgehead atoms. The van der Waals surface area contributed by atoms with Crippen molar-refractivity contribution in [2.75, 3.05) is 0 Å². The zero-order valence-electron chi connectivity index (χ0n) is 15.6. The Morgan fingerprint density at radius 1 is 1.10 bits per heavy atom. The van der Waals surface area contributed by atoms with Crippen molar-refractivity contribution in [1.29, 1.82) is 0 Å². The Kier molecular flexibility index (Phi) is 5.17. The van der Waals surface area contributed by atoms with Gasteiger partial charge in [-0.15, -0.1) is 23.7 Å². The number of fused-ring (bicyclic) bond motifs is 2. The number of hydrogen-bond acceptors (Lipinski definition) is 5. The van der Waals surface area contributed by atoms with Crippen LogP contribution in [0.2, 0.25) is 0 Å². The van der Waals surface area contributed by atoms with Gasteiger partial charge in [0.2, 0.25) is 0 Å². The third-order valence-electron chi connectivity index (χ3n) is 4.81. The van der Waals surface area contributed by atoms with Crippen molar-refractivity contribution in [2.24, 2.45) is 7.05 Å². The monoisotopic (exact) mass is 423 g/mol. The van der Waals surface area contributed by atoms with Gasteiger partial charge in [0.15, 0.2) is 0 Å². The van der Waals surface area contributed by atoms with Crippen molar-refractivity contribution < 1.29 is 0 Å². The summed E-state index contributed by atoms with van der Waals surface area (Å²) in [5.41, 5.74) is 3.50. The van der Waals surface area contributed by atoms with E-state index in [0.29, 0.717) is 18.4 Å². The summed E-state index contributed by atoms with van der Waals surface area (Å²) < 4.78 is 4.15. The van der Waals surface area contributed by atoms with Crippen molar-refractivity contribution in [3.05, 3.63) is 76.3 Å². The minimum Gasteiger partial charge on any atom is -0.275 e. The lowest BCUT2D eigenvalue weighted by Crippen LogP contribution is -2.23. The molecule has 1 aromatic carbocycles. The van der Waals surface area contributed by atoms with Gasteiger partial charge in [-0.2, -0.15) is 10.2 Å². The molecule has 29 heavy (non-hydrogen) atoms. The van der Waals surface area contributed by atoms with Gasteiger partial charge in [-0.05, 0) is 18.2 Å². The molecule has 0 saturated carbocycles. The Balaban J connectivity index is 0.00000205. The van der Waals surface area contributed by atoms with Gasteiger partial charge in [-0.1, -0.05) is 24.3 Å². The first kappa shape index (κ1) is 19.3. The molecule has 8 heteroatoms. The topological polar surface area (TPSA) is 65.6 Å². The first-order chi connectivity index (χ1) is 13.7. The Morgan fingerprint density at radius 2 is 1.97 bits per heavy atom. The molecular formula is C21H18ClN5OS. The number of pyridine rings is 1. The summed E-state index contributed by atoms with van der Waals surface area (Å²) in [5, 5.41) is 12.6. The molecule has 0 aliphatic rings. The summed E-state index contributed by atoms with van der Waals surface area (Å²) in [6.45, 7) is 0.484. The van der Waals surface area contributed by atoms with Crippen LogP contribution >= 0.6 is 23.7 Å². The minimum absolute atomic E-state index is 0. The van der Waals surface area contributed by atoms with Gasteiger partial charge in [0.1, 0.15) is 0 Å². The second kappa shape index (κ2) is 7.77. The van der Waals surface area contributed by atoms with Crippen molar-refractivity contribution in [3.63, 3.8) is 0 Å². The summed E-state index contributed by atoms with van der Waals surface area (Å²) in [6.07, 6.45) is 4.29. The Labute approximate surface area is 176 Å². The highest BCUT2D eigenvalue weighted by atomic mass is 35.5. The fourth-order valence-electron chi connectivity index (χ4n) is 3.37. The number of aromatic nitrogens is 5. The average molecular weight is 424 g/mol. The molecule has 0 aliphatic heterocycles. The van der Waals surface area contributed by atoms with Gasteiger partial charge in [0.05, 0.1) is 34.0 Å². The molecule has 5 aromatic rings. The number of nitrogens with zero attached hydrogens (tertiary/aromatic N) is 5. The molecular weight excluding hydrogens is 406 g/mol. The number of halogens is 1. The van der Waals surface area contributed by atoms with Gasteiger partial charge < -0.3 is 0 Å². The summed E-state index contributed by atoms with van der Waals surface area (Å²) in [4.78, 5) is 17.8. The number of hydrogen-bond donors (Lipinski definition) is 0. The van der Waals surface area contributed by atoms with Crippen LogP contribution in [0.1, 0.15) is 5.69 Å². The minimum atomic E-state index is -0.0832. The average Bonchev–Trinajstić information content (AvgIpc) is 3.34. The zero-order valence-corrected chi connectivity index (χ0v) is 17.3. The van der Waals surface area contributed by atoms with E-state index in [-0.39, 0.29) is 18.0 Å². The van der Waals surface area contributed by atoms with Gasteiger partial charge in [0, 0.05) is 41.7 Å². The van der Waals surface area contributed by atoms with Crippen LogP contribution in [-0.4, -0.2) is 24.5 Å². The van der Waals surface area contributed by atoms with E-state index in [4.69, 9.17) is 0 Å². The molecule has 0 saturated heterocycles. The van der Waals surface area contributed by atoms with E-state index in [1.54, 1.807) is 10.9 Å². The molecule has 6 nitrogen and oxygen atoms in total. The predicted molar refractivity (Wildman–Crippen MR) is 119 cm³/mol. The van der Waals surface area contributed by atoms with Crippen LogP contribution in [0.25, 0.3) is 32.2 Å². The molecule has 0 aliphatic carbocycles. The lowest BCUT2D eigenvalue weighted by atomic mass is 10.1. The molecule has 0 spiro atoms. The lowest BCUT2D eigenvalue weighted by Gasteiger charge is -2.06. The van der Waals surface area contributed by atoms with Crippen LogP contribution in [0.4, 0.5) is 0 Å². The molecule has 0 fully saturated rings. The molecule has 0 unspecified atom stereocenters. The van der Waals surface area contributed by atoms with E-state index < -0.39 is 0 Å². The molecule has 5 rings (SSSR count). The fourth-order valence-corrected chi connectivity index (χ4v) is 4.27. The van der Waals surface area contributed by atoms with E-state index in [1.165, 1.54) is 16.0 Å². The lowest BCUT2D eigenvalue weighted by molar-refractivity contribution is 0.580. The Morgan fingerprint density at radius 3 is 2.79 bits per heavy atom. The number of aryl methyl sites for hydroxylation is 3. The molecule has 4 heterocycles. The zero-order chi connectivity index (χ0) is 19.1. The van der Waals surface area contributed by atoms with Crippen LogP contribution in [0.5, 0.6) is 0 Å². The Hall–Kier alpha value is -3.03. The fraction of sp³-hybridized carbons (Fsp3) is 0.143. The molecule has 0 N–H and O–H groups in total. The second-order valence-electron chi connectivity index (χ2n) is 6.68. The van der Waals surface area contributed by atoms with Crippen molar-refractivity contribution in [2.45, 2.75) is 13.0 Å². The molecule has 0 atom stereocenters. The third-order valence-corrected chi connectivity index (χ3v) is 5.72. The van der Waals surface area contributed by atoms with Crippen molar-refractivity contribution in [3.8, 4) is 11.3 Å². The highest BCUT2D eigenvalue weighted by Gasteiger charge is 2.14. The summed E-state index contributed by atoms with van der Waals surface area (Å²) >= 11 is 1.52. The van der Waals surface area contributed by atoms with Gasteiger partial charge in [-0.25, -0.2) is 4.68 Å². The molecule has 0 amide bonds. The normalized spacial score (nSPS) is 11.1.